The van der Waals surface area contributed by atoms with E-state index in [9.17, 15) is 9.18 Å². The minimum Gasteiger partial charge on any atom is -0.497 e. The van der Waals surface area contributed by atoms with Crippen molar-refractivity contribution in [2.24, 2.45) is 5.92 Å². The van der Waals surface area contributed by atoms with E-state index in [0.29, 0.717) is 11.8 Å². The first-order valence-electron chi connectivity index (χ1n) is 10.5. The molecule has 6 heteroatoms. The van der Waals surface area contributed by atoms with Crippen molar-refractivity contribution in [1.29, 1.82) is 0 Å². The van der Waals surface area contributed by atoms with Gasteiger partial charge in [-0.3, -0.25) is 4.79 Å². The number of thioether (sulfide) groups is 1. The number of carbonyl (C=O) groups is 1. The van der Waals surface area contributed by atoms with E-state index in [1.165, 1.54) is 25.0 Å². The average Bonchev–Trinajstić information content (AvgIpc) is 2.94. The van der Waals surface area contributed by atoms with Crippen LogP contribution in [0.25, 0.3) is 0 Å². The molecule has 1 amide bonds. The van der Waals surface area contributed by atoms with Crippen LogP contribution < -0.4 is 15.4 Å². The lowest BCUT2D eigenvalue weighted by molar-refractivity contribution is -0.113. The molecule has 1 saturated carbocycles. The van der Waals surface area contributed by atoms with Crippen molar-refractivity contribution in [3.63, 3.8) is 0 Å². The van der Waals surface area contributed by atoms with Crippen LogP contribution in [0.1, 0.15) is 37.7 Å². The fraction of sp³-hybridized carbons (Fsp3) is 0.375. The molecule has 2 N–H and O–H groups in total. The van der Waals surface area contributed by atoms with E-state index in [-0.39, 0.29) is 17.6 Å². The molecule has 1 aliphatic carbocycles. The highest BCUT2D eigenvalue weighted by Gasteiger charge is 2.39. The normalized spacial score (nSPS) is 21.0. The second-order valence-electron chi connectivity index (χ2n) is 7.81. The second kappa shape index (κ2) is 9.56. The van der Waals surface area contributed by atoms with E-state index in [4.69, 9.17) is 4.74 Å². The third-order valence-corrected chi connectivity index (χ3v) is 7.24. The molecule has 2 aromatic carbocycles. The maximum atomic E-state index is 13.5. The molecule has 1 heterocycles. The van der Waals surface area contributed by atoms with Crippen LogP contribution in [0.5, 0.6) is 5.75 Å². The maximum absolute atomic E-state index is 13.5. The smallest absolute Gasteiger partial charge is 0.254 e. The number of ether oxygens (including phenoxy) is 1. The van der Waals surface area contributed by atoms with Gasteiger partial charge in [-0.1, -0.05) is 31.4 Å². The van der Waals surface area contributed by atoms with Gasteiger partial charge in [0.25, 0.3) is 5.91 Å². The lowest BCUT2D eigenvalue weighted by Crippen LogP contribution is -2.24. The average molecular weight is 427 g/mol. The standard InChI is InChI=1S/C24H27FN2O2S/c1-29-19-12-10-18(11-13-19)27-23(28)22-20-8-3-2-4-9-21(20)30-24(22)26-15-16-6-5-7-17(25)14-16/h5-7,10-14,20-21,26H,2-4,8-9,15H2,1H3,(H,27,28). The zero-order chi connectivity index (χ0) is 20.9. The summed E-state index contributed by atoms with van der Waals surface area (Å²) in [5, 5.41) is 7.85. The van der Waals surface area contributed by atoms with Gasteiger partial charge in [-0.25, -0.2) is 4.39 Å². The molecule has 0 spiro atoms. The van der Waals surface area contributed by atoms with Gasteiger partial charge in [0.05, 0.1) is 17.7 Å². The summed E-state index contributed by atoms with van der Waals surface area (Å²) in [7, 11) is 1.62. The number of fused-ring (bicyclic) bond motifs is 1. The number of halogens is 1. The Hall–Kier alpha value is -2.47. The largest absolute Gasteiger partial charge is 0.497 e. The molecule has 30 heavy (non-hydrogen) atoms. The Morgan fingerprint density at radius 1 is 1.13 bits per heavy atom. The Kier molecular flexibility index (Phi) is 6.62. The van der Waals surface area contributed by atoms with Crippen molar-refractivity contribution in [2.75, 3.05) is 12.4 Å². The molecular weight excluding hydrogens is 399 g/mol. The van der Waals surface area contributed by atoms with Crippen LogP contribution >= 0.6 is 11.8 Å². The molecular formula is C24H27FN2O2S. The van der Waals surface area contributed by atoms with Crippen LogP contribution in [-0.4, -0.2) is 18.3 Å². The lowest BCUT2D eigenvalue weighted by Gasteiger charge is -2.18. The minimum atomic E-state index is -0.245. The molecule has 0 radical (unpaired) electrons. The van der Waals surface area contributed by atoms with Crippen LogP contribution in [0.4, 0.5) is 10.1 Å². The zero-order valence-corrected chi connectivity index (χ0v) is 17.9. The number of hydrogen-bond acceptors (Lipinski definition) is 4. The third kappa shape index (κ3) is 4.81. The SMILES string of the molecule is COc1ccc(NC(=O)C2=C(NCc3cccc(F)c3)SC3CCCCCC23)cc1. The number of anilines is 1. The van der Waals surface area contributed by atoms with Gasteiger partial charge >= 0.3 is 0 Å². The van der Waals surface area contributed by atoms with Crippen molar-refractivity contribution >= 4 is 23.4 Å². The molecule has 0 bridgehead atoms. The molecule has 2 atom stereocenters. The first-order valence-corrected chi connectivity index (χ1v) is 11.4. The topological polar surface area (TPSA) is 50.4 Å². The summed E-state index contributed by atoms with van der Waals surface area (Å²) >= 11 is 1.78. The second-order valence-corrected chi connectivity index (χ2v) is 9.06. The van der Waals surface area contributed by atoms with Gasteiger partial charge in [-0.05, 0) is 54.8 Å². The highest BCUT2D eigenvalue weighted by Crippen LogP contribution is 2.47. The van der Waals surface area contributed by atoms with E-state index < -0.39 is 0 Å². The van der Waals surface area contributed by atoms with E-state index in [2.05, 4.69) is 10.6 Å². The van der Waals surface area contributed by atoms with Crippen molar-refractivity contribution < 1.29 is 13.9 Å². The van der Waals surface area contributed by atoms with Gasteiger partial charge in [0.15, 0.2) is 0 Å². The zero-order valence-electron chi connectivity index (χ0n) is 17.1. The minimum absolute atomic E-state index is 0.0520. The summed E-state index contributed by atoms with van der Waals surface area (Å²) in [5.74, 6) is 0.712. The number of amides is 1. The molecule has 2 aromatic rings. The molecule has 2 aliphatic rings. The predicted octanol–water partition coefficient (Wildman–Crippen LogP) is 5.47. The van der Waals surface area contributed by atoms with Gasteiger partial charge < -0.3 is 15.4 Å². The summed E-state index contributed by atoms with van der Waals surface area (Å²) in [4.78, 5) is 13.3. The first-order chi connectivity index (χ1) is 14.6. The summed E-state index contributed by atoms with van der Waals surface area (Å²) in [6, 6.07) is 14.0. The number of carbonyl (C=O) groups excluding carboxylic acids is 1. The van der Waals surface area contributed by atoms with Gasteiger partial charge in [-0.15, -0.1) is 11.8 Å². The quantitative estimate of drug-likeness (QED) is 0.643. The molecule has 0 saturated heterocycles. The maximum Gasteiger partial charge on any atom is 0.254 e. The van der Waals surface area contributed by atoms with Crippen LogP contribution in [-0.2, 0) is 11.3 Å². The molecule has 1 aliphatic heterocycles. The highest BCUT2D eigenvalue weighted by atomic mass is 32.2. The van der Waals surface area contributed by atoms with E-state index in [1.807, 2.05) is 30.3 Å². The van der Waals surface area contributed by atoms with Crippen molar-refractivity contribution in [1.82, 2.24) is 5.32 Å². The molecule has 0 aromatic heterocycles. The Bertz CT molecular complexity index is 929. The number of rotatable bonds is 6. The van der Waals surface area contributed by atoms with Gasteiger partial charge in [0.1, 0.15) is 11.6 Å². The van der Waals surface area contributed by atoms with Gasteiger partial charge in [-0.2, -0.15) is 0 Å². The fourth-order valence-electron chi connectivity index (χ4n) is 4.24. The predicted molar refractivity (Wildman–Crippen MR) is 120 cm³/mol. The summed E-state index contributed by atoms with van der Waals surface area (Å²) in [6.07, 6.45) is 5.75. The van der Waals surface area contributed by atoms with Gasteiger partial charge in [0.2, 0.25) is 0 Å². The Labute approximate surface area is 181 Å². The monoisotopic (exact) mass is 426 g/mol. The van der Waals surface area contributed by atoms with E-state index in [1.54, 1.807) is 24.9 Å². The highest BCUT2D eigenvalue weighted by molar-refractivity contribution is 8.04. The van der Waals surface area contributed by atoms with Crippen molar-refractivity contribution in [3.05, 3.63) is 70.5 Å². The Morgan fingerprint density at radius 3 is 2.70 bits per heavy atom. The van der Waals surface area contributed by atoms with Crippen molar-refractivity contribution in [2.45, 2.75) is 43.9 Å². The summed E-state index contributed by atoms with van der Waals surface area (Å²) in [6.45, 7) is 0.499. The van der Waals surface area contributed by atoms with Gasteiger partial charge in [0, 0.05) is 23.4 Å². The van der Waals surface area contributed by atoms with Crippen LogP contribution in [0.15, 0.2) is 59.1 Å². The van der Waals surface area contributed by atoms with E-state index in [0.717, 1.165) is 46.9 Å². The number of methoxy groups -OCH3 is 1. The number of benzene rings is 2. The summed E-state index contributed by atoms with van der Waals surface area (Å²) in [5.41, 5.74) is 2.46. The first kappa shape index (κ1) is 20.8. The van der Waals surface area contributed by atoms with Crippen molar-refractivity contribution in [3.8, 4) is 5.75 Å². The third-order valence-electron chi connectivity index (χ3n) is 5.77. The van der Waals surface area contributed by atoms with Crippen LogP contribution in [0.3, 0.4) is 0 Å². The van der Waals surface area contributed by atoms with E-state index >= 15 is 0 Å². The number of hydrogen-bond donors (Lipinski definition) is 2. The molecule has 2 unspecified atom stereocenters. The molecule has 1 fully saturated rings. The molecule has 4 nitrogen and oxygen atoms in total. The summed E-state index contributed by atoms with van der Waals surface area (Å²) < 4.78 is 18.7. The number of nitrogens with one attached hydrogen (secondary N) is 2. The Balaban J connectivity index is 1.55. The van der Waals surface area contributed by atoms with Crippen LogP contribution in [0.2, 0.25) is 0 Å². The molecule has 158 valence electrons. The Morgan fingerprint density at radius 2 is 1.93 bits per heavy atom. The fourth-order valence-corrected chi connectivity index (χ4v) is 5.79. The molecule has 4 rings (SSSR count). The van der Waals surface area contributed by atoms with Crippen LogP contribution in [0, 0.1) is 11.7 Å². The lowest BCUT2D eigenvalue weighted by atomic mass is 9.91.